The summed E-state index contributed by atoms with van der Waals surface area (Å²) in [7, 11) is -4.30. The molecule has 2 aliphatic rings. The monoisotopic (exact) mass is 541 g/mol. The maximum Gasteiger partial charge on any atom is 0.320 e. The van der Waals surface area contributed by atoms with Crippen molar-refractivity contribution in [2.45, 2.75) is 23.8 Å². The Morgan fingerprint density at radius 3 is 2.39 bits per heavy atom. The van der Waals surface area contributed by atoms with Gasteiger partial charge in [0.15, 0.2) is 0 Å². The highest BCUT2D eigenvalue weighted by molar-refractivity contribution is 7.92. The van der Waals surface area contributed by atoms with Gasteiger partial charge in [0.05, 0.1) is 16.6 Å². The van der Waals surface area contributed by atoms with Gasteiger partial charge in [-0.2, -0.15) is 0 Å². The molecule has 0 bridgehead atoms. The molecule has 2 aliphatic heterocycles. The summed E-state index contributed by atoms with van der Waals surface area (Å²) in [5.74, 6) is -1.63. The lowest BCUT2D eigenvalue weighted by atomic mass is 10.1. The second kappa shape index (κ2) is 11.3. The highest BCUT2D eigenvalue weighted by atomic mass is 35.5. The van der Waals surface area contributed by atoms with Crippen LogP contribution in [0.15, 0.2) is 47.4 Å². The molecule has 8 nitrogen and oxygen atoms in total. The first-order valence-electron chi connectivity index (χ1n) is 11.9. The molecule has 0 radical (unpaired) electrons. The SMILES string of the molecule is NCCN1CCN(C(=O)N2CCCC(N(c3cc(F)ccc3F)S(=O)(=O)c3ccc(Cl)cc3)C2)CC1. The number of amides is 2. The van der Waals surface area contributed by atoms with E-state index in [0.29, 0.717) is 57.1 Å². The van der Waals surface area contributed by atoms with Crippen LogP contribution in [-0.4, -0.2) is 87.5 Å². The number of hydrogen-bond acceptors (Lipinski definition) is 5. The summed E-state index contributed by atoms with van der Waals surface area (Å²) in [4.78, 5) is 18.7. The minimum absolute atomic E-state index is 0.0601. The third-order valence-electron chi connectivity index (χ3n) is 6.60. The van der Waals surface area contributed by atoms with Crippen molar-refractivity contribution in [2.24, 2.45) is 5.73 Å². The molecule has 2 N–H and O–H groups in total. The van der Waals surface area contributed by atoms with E-state index in [0.717, 1.165) is 29.0 Å². The number of nitrogens with two attached hydrogens (primary N) is 1. The highest BCUT2D eigenvalue weighted by Gasteiger charge is 2.38. The molecule has 12 heteroatoms. The van der Waals surface area contributed by atoms with Gasteiger partial charge in [0.2, 0.25) is 0 Å². The van der Waals surface area contributed by atoms with Crippen molar-refractivity contribution < 1.29 is 22.0 Å². The van der Waals surface area contributed by atoms with Gasteiger partial charge in [0.1, 0.15) is 11.6 Å². The van der Waals surface area contributed by atoms with Gasteiger partial charge >= 0.3 is 6.03 Å². The summed E-state index contributed by atoms with van der Waals surface area (Å²) in [6, 6.07) is 7.26. The van der Waals surface area contributed by atoms with Crippen LogP contribution < -0.4 is 10.0 Å². The number of likely N-dealkylation sites (tertiary alicyclic amines) is 1. The minimum Gasteiger partial charge on any atom is -0.329 e. The molecular weight excluding hydrogens is 512 g/mol. The van der Waals surface area contributed by atoms with Crippen LogP contribution in [0, 0.1) is 11.6 Å². The lowest BCUT2D eigenvalue weighted by Gasteiger charge is -2.42. The van der Waals surface area contributed by atoms with Gasteiger partial charge in [0, 0.05) is 63.4 Å². The predicted molar refractivity (Wildman–Crippen MR) is 135 cm³/mol. The number of piperidine rings is 1. The van der Waals surface area contributed by atoms with E-state index in [2.05, 4.69) is 4.90 Å². The fraction of sp³-hybridized carbons (Fsp3) is 0.458. The predicted octanol–water partition coefficient (Wildman–Crippen LogP) is 2.97. The van der Waals surface area contributed by atoms with Crippen molar-refractivity contribution in [1.82, 2.24) is 14.7 Å². The quantitative estimate of drug-likeness (QED) is 0.607. The lowest BCUT2D eigenvalue weighted by Crippen LogP contribution is -2.58. The molecule has 196 valence electrons. The Balaban J connectivity index is 1.62. The minimum atomic E-state index is -4.30. The van der Waals surface area contributed by atoms with Gasteiger partial charge in [-0.25, -0.2) is 22.0 Å². The number of nitrogens with zero attached hydrogens (tertiary/aromatic N) is 4. The molecule has 2 fully saturated rings. The molecule has 1 unspecified atom stereocenters. The molecule has 2 aromatic rings. The summed E-state index contributed by atoms with van der Waals surface area (Å²) >= 11 is 5.93. The van der Waals surface area contributed by atoms with Crippen molar-refractivity contribution >= 4 is 33.3 Å². The largest absolute Gasteiger partial charge is 0.329 e. The number of benzene rings is 2. The number of halogens is 3. The number of rotatable bonds is 6. The Kier molecular flexibility index (Phi) is 8.34. The van der Waals surface area contributed by atoms with Crippen LogP contribution >= 0.6 is 11.6 Å². The number of hydrogen-bond donors (Lipinski definition) is 1. The first kappa shape index (κ1) is 26.6. The molecule has 0 aromatic heterocycles. The van der Waals surface area contributed by atoms with E-state index in [1.807, 2.05) is 0 Å². The fourth-order valence-electron chi connectivity index (χ4n) is 4.76. The molecular formula is C24H30ClF2N5O3S. The van der Waals surface area contributed by atoms with Crippen molar-refractivity contribution in [3.8, 4) is 0 Å². The zero-order valence-electron chi connectivity index (χ0n) is 19.8. The number of carbonyl (C=O) groups is 1. The van der Waals surface area contributed by atoms with E-state index in [9.17, 15) is 22.0 Å². The Hall–Kier alpha value is -2.47. The molecule has 0 aliphatic carbocycles. The first-order valence-corrected chi connectivity index (χ1v) is 13.7. The van der Waals surface area contributed by atoms with Gasteiger partial charge in [0.25, 0.3) is 10.0 Å². The maximum atomic E-state index is 14.9. The highest BCUT2D eigenvalue weighted by Crippen LogP contribution is 2.33. The number of piperazine rings is 1. The molecule has 0 saturated carbocycles. The maximum absolute atomic E-state index is 14.9. The first-order chi connectivity index (χ1) is 17.2. The number of anilines is 1. The smallest absolute Gasteiger partial charge is 0.320 e. The summed E-state index contributed by atoms with van der Waals surface area (Å²) in [6.45, 7) is 4.36. The molecule has 2 amide bonds. The molecule has 1 atom stereocenters. The van der Waals surface area contributed by atoms with Crippen LogP contribution in [0.5, 0.6) is 0 Å². The van der Waals surface area contributed by atoms with Crippen molar-refractivity contribution in [1.29, 1.82) is 0 Å². The second-order valence-electron chi connectivity index (χ2n) is 8.99. The van der Waals surface area contributed by atoms with Crippen molar-refractivity contribution in [3.05, 3.63) is 59.1 Å². The summed E-state index contributed by atoms with van der Waals surface area (Å²) in [5, 5.41) is 0.346. The lowest BCUT2D eigenvalue weighted by molar-refractivity contribution is 0.106. The normalized spacial score (nSPS) is 19.4. The van der Waals surface area contributed by atoms with E-state index in [4.69, 9.17) is 17.3 Å². The summed E-state index contributed by atoms with van der Waals surface area (Å²) in [5.41, 5.74) is 5.24. The fourth-order valence-corrected chi connectivity index (χ4v) is 6.56. The third kappa shape index (κ3) is 5.74. The number of carbonyl (C=O) groups excluding carboxylic acids is 1. The van der Waals surface area contributed by atoms with Crippen molar-refractivity contribution in [3.63, 3.8) is 0 Å². The standard InChI is InChI=1S/C24H30ClF2N5O3S/c25-18-3-6-21(7-4-18)36(34,35)32(23-16-19(26)5-8-22(23)27)20-2-1-10-31(17-20)24(33)30-14-12-29(11-9-28)13-15-30/h3-8,16,20H,1-2,9-15,17,28H2. The Bertz CT molecular complexity index is 1180. The van der Waals surface area contributed by atoms with E-state index in [-0.39, 0.29) is 23.2 Å². The van der Waals surface area contributed by atoms with Crippen molar-refractivity contribution in [2.75, 3.05) is 56.7 Å². The van der Waals surface area contributed by atoms with Crippen LogP contribution in [0.4, 0.5) is 19.3 Å². The molecule has 2 aromatic carbocycles. The van der Waals surface area contributed by atoms with E-state index in [1.165, 1.54) is 24.3 Å². The average Bonchev–Trinajstić information content (AvgIpc) is 2.87. The van der Waals surface area contributed by atoms with Crippen LogP contribution in [0.25, 0.3) is 0 Å². The van der Waals surface area contributed by atoms with Crippen LogP contribution in [0.2, 0.25) is 5.02 Å². The van der Waals surface area contributed by atoms with Gasteiger partial charge < -0.3 is 15.5 Å². The molecule has 0 spiro atoms. The summed E-state index contributed by atoms with van der Waals surface area (Å²) in [6.07, 6.45) is 0.907. The number of urea groups is 1. The molecule has 2 saturated heterocycles. The molecule has 36 heavy (non-hydrogen) atoms. The zero-order chi connectivity index (χ0) is 25.9. The van der Waals surface area contributed by atoms with Gasteiger partial charge in [-0.15, -0.1) is 0 Å². The van der Waals surface area contributed by atoms with Crippen LogP contribution in [-0.2, 0) is 10.0 Å². The van der Waals surface area contributed by atoms with Gasteiger partial charge in [-0.3, -0.25) is 9.21 Å². The van der Waals surface area contributed by atoms with Crippen LogP contribution in [0.3, 0.4) is 0 Å². The van der Waals surface area contributed by atoms with E-state index < -0.39 is 27.7 Å². The molecule has 2 heterocycles. The van der Waals surface area contributed by atoms with Gasteiger partial charge in [-0.05, 0) is 49.2 Å². The van der Waals surface area contributed by atoms with E-state index in [1.54, 1.807) is 9.80 Å². The topological polar surface area (TPSA) is 90.2 Å². The Labute approximate surface area is 215 Å². The van der Waals surface area contributed by atoms with Gasteiger partial charge in [-0.1, -0.05) is 11.6 Å². The molecule has 4 rings (SSSR count). The Morgan fingerprint density at radius 2 is 1.72 bits per heavy atom. The third-order valence-corrected chi connectivity index (χ3v) is 8.74. The number of sulfonamides is 1. The Morgan fingerprint density at radius 1 is 1.03 bits per heavy atom. The summed E-state index contributed by atoms with van der Waals surface area (Å²) < 4.78 is 57.5. The zero-order valence-corrected chi connectivity index (χ0v) is 21.4. The van der Waals surface area contributed by atoms with Crippen LogP contribution in [0.1, 0.15) is 12.8 Å². The second-order valence-corrected chi connectivity index (χ2v) is 11.2. The van der Waals surface area contributed by atoms with E-state index >= 15 is 0 Å². The average molecular weight is 542 g/mol.